The van der Waals surface area contributed by atoms with E-state index in [9.17, 15) is 0 Å². The summed E-state index contributed by atoms with van der Waals surface area (Å²) < 4.78 is 12.2. The molecule has 0 N–H and O–H groups in total. The van der Waals surface area contributed by atoms with Gasteiger partial charge in [0.15, 0.2) is 5.79 Å². The lowest BCUT2D eigenvalue weighted by molar-refractivity contribution is -0.243. The number of rotatable bonds is 1. The van der Waals surface area contributed by atoms with Crippen molar-refractivity contribution in [3.05, 3.63) is 0 Å². The summed E-state index contributed by atoms with van der Waals surface area (Å²) in [6, 6.07) is 0. The normalized spacial score (nSPS) is 54.0. The molecule has 92 valence electrons. The standard InChI is InChI=1S/C13H21ClO2/c1-11(2)9-4-5-12(11,3)13(6-9)15-8-10(7-14)16-13/h9-10H,4-8H2,1-3H3/t9-,10-,12+,13-/m0/s1. The highest BCUT2D eigenvalue weighted by atomic mass is 35.5. The van der Waals surface area contributed by atoms with Gasteiger partial charge in [0.25, 0.3) is 0 Å². The second-order valence-corrected chi connectivity index (χ2v) is 6.76. The molecule has 0 amide bonds. The summed E-state index contributed by atoms with van der Waals surface area (Å²) in [6.07, 6.45) is 3.70. The van der Waals surface area contributed by atoms with Gasteiger partial charge in [0.2, 0.25) is 0 Å². The molecule has 2 aliphatic carbocycles. The topological polar surface area (TPSA) is 18.5 Å². The van der Waals surface area contributed by atoms with E-state index in [1.807, 2.05) is 0 Å². The van der Waals surface area contributed by atoms with Crippen LogP contribution in [0.15, 0.2) is 0 Å². The first-order chi connectivity index (χ1) is 7.45. The summed E-state index contributed by atoms with van der Waals surface area (Å²) in [5, 5.41) is 0. The van der Waals surface area contributed by atoms with Gasteiger partial charge in [-0.05, 0) is 24.2 Å². The maximum absolute atomic E-state index is 6.18. The van der Waals surface area contributed by atoms with Crippen LogP contribution in [-0.2, 0) is 9.47 Å². The number of ether oxygens (including phenoxy) is 2. The van der Waals surface area contributed by atoms with Gasteiger partial charge in [-0.15, -0.1) is 11.6 Å². The van der Waals surface area contributed by atoms with E-state index in [0.717, 1.165) is 12.3 Å². The van der Waals surface area contributed by atoms with Gasteiger partial charge in [-0.2, -0.15) is 0 Å². The molecule has 4 atom stereocenters. The molecule has 1 spiro atoms. The Kier molecular flexibility index (Phi) is 2.23. The van der Waals surface area contributed by atoms with Crippen molar-refractivity contribution < 1.29 is 9.47 Å². The molecule has 2 saturated carbocycles. The highest BCUT2D eigenvalue weighted by Crippen LogP contribution is 2.72. The van der Waals surface area contributed by atoms with Crippen molar-refractivity contribution in [1.29, 1.82) is 0 Å². The van der Waals surface area contributed by atoms with Crippen LogP contribution in [0.3, 0.4) is 0 Å². The second-order valence-electron chi connectivity index (χ2n) is 6.45. The Labute approximate surface area is 103 Å². The van der Waals surface area contributed by atoms with Crippen molar-refractivity contribution >= 4 is 11.6 Å². The average molecular weight is 245 g/mol. The molecule has 2 nitrogen and oxygen atoms in total. The Bertz CT molecular complexity index is 317. The van der Waals surface area contributed by atoms with Gasteiger partial charge in [0, 0.05) is 11.8 Å². The molecule has 0 unspecified atom stereocenters. The summed E-state index contributed by atoms with van der Waals surface area (Å²) in [5.74, 6) is 0.952. The SMILES string of the molecule is CC1(C)[C@H]2CC[C@@]1(C)[C@@]1(C2)OC[C@H](CCl)O1. The molecule has 1 heterocycles. The fourth-order valence-electron chi connectivity index (χ4n) is 4.22. The van der Waals surface area contributed by atoms with E-state index in [1.54, 1.807) is 0 Å². The van der Waals surface area contributed by atoms with Gasteiger partial charge in [0.1, 0.15) is 0 Å². The number of hydrogen-bond donors (Lipinski definition) is 0. The van der Waals surface area contributed by atoms with E-state index < -0.39 is 0 Å². The minimum atomic E-state index is -0.334. The molecule has 0 aromatic carbocycles. The minimum Gasteiger partial charge on any atom is -0.347 e. The maximum atomic E-state index is 6.18. The Morgan fingerprint density at radius 1 is 1.31 bits per heavy atom. The van der Waals surface area contributed by atoms with Crippen LogP contribution in [0.25, 0.3) is 0 Å². The van der Waals surface area contributed by atoms with E-state index in [-0.39, 0.29) is 17.3 Å². The van der Waals surface area contributed by atoms with E-state index >= 15 is 0 Å². The molecule has 0 aromatic rings. The van der Waals surface area contributed by atoms with Crippen molar-refractivity contribution in [1.82, 2.24) is 0 Å². The Balaban J connectivity index is 1.95. The number of fused-ring (bicyclic) bond motifs is 3. The van der Waals surface area contributed by atoms with Gasteiger partial charge in [-0.25, -0.2) is 0 Å². The summed E-state index contributed by atoms with van der Waals surface area (Å²) in [4.78, 5) is 0. The summed E-state index contributed by atoms with van der Waals surface area (Å²) >= 11 is 5.88. The van der Waals surface area contributed by atoms with E-state index in [2.05, 4.69) is 20.8 Å². The quantitative estimate of drug-likeness (QED) is 0.660. The number of alkyl halides is 1. The van der Waals surface area contributed by atoms with Crippen LogP contribution in [0.5, 0.6) is 0 Å². The lowest BCUT2D eigenvalue weighted by atomic mass is 9.68. The zero-order valence-electron chi connectivity index (χ0n) is 10.4. The summed E-state index contributed by atoms with van der Waals surface area (Å²) in [7, 11) is 0. The van der Waals surface area contributed by atoms with Crippen LogP contribution < -0.4 is 0 Å². The van der Waals surface area contributed by atoms with Gasteiger partial charge in [0.05, 0.1) is 18.6 Å². The predicted octanol–water partition coefficient (Wildman–Crippen LogP) is 3.18. The lowest BCUT2D eigenvalue weighted by Crippen LogP contribution is -2.48. The van der Waals surface area contributed by atoms with E-state index in [4.69, 9.17) is 21.1 Å². The zero-order valence-corrected chi connectivity index (χ0v) is 11.1. The first-order valence-corrected chi connectivity index (χ1v) is 6.86. The molecule has 3 fully saturated rings. The Morgan fingerprint density at radius 3 is 2.50 bits per heavy atom. The summed E-state index contributed by atoms with van der Waals surface area (Å²) in [6.45, 7) is 7.76. The van der Waals surface area contributed by atoms with Crippen molar-refractivity contribution in [2.75, 3.05) is 12.5 Å². The lowest BCUT2D eigenvalue weighted by Gasteiger charge is -2.44. The molecule has 0 radical (unpaired) electrons. The third-order valence-electron chi connectivity index (χ3n) is 5.82. The Morgan fingerprint density at radius 2 is 2.06 bits per heavy atom. The molecule has 3 rings (SSSR count). The second kappa shape index (κ2) is 3.15. The van der Waals surface area contributed by atoms with Gasteiger partial charge < -0.3 is 9.47 Å². The van der Waals surface area contributed by atoms with Crippen LogP contribution in [-0.4, -0.2) is 24.4 Å². The molecule has 2 bridgehead atoms. The van der Waals surface area contributed by atoms with Crippen molar-refractivity contribution in [3.8, 4) is 0 Å². The van der Waals surface area contributed by atoms with Crippen LogP contribution in [0.2, 0.25) is 0 Å². The molecule has 1 aliphatic heterocycles. The predicted molar refractivity (Wildman–Crippen MR) is 63.5 cm³/mol. The highest BCUT2D eigenvalue weighted by molar-refractivity contribution is 6.18. The van der Waals surface area contributed by atoms with Crippen LogP contribution in [0.1, 0.15) is 40.0 Å². The maximum Gasteiger partial charge on any atom is 0.175 e. The molecule has 0 aromatic heterocycles. The third-order valence-corrected chi connectivity index (χ3v) is 6.17. The average Bonchev–Trinajstić information content (AvgIpc) is 2.79. The van der Waals surface area contributed by atoms with Crippen molar-refractivity contribution in [2.45, 2.75) is 51.9 Å². The number of hydrogen-bond acceptors (Lipinski definition) is 2. The van der Waals surface area contributed by atoms with Crippen LogP contribution >= 0.6 is 11.6 Å². The third kappa shape index (κ3) is 1.07. The zero-order chi connectivity index (χ0) is 11.6. The molecular weight excluding hydrogens is 224 g/mol. The van der Waals surface area contributed by atoms with Crippen molar-refractivity contribution in [3.63, 3.8) is 0 Å². The molecule has 16 heavy (non-hydrogen) atoms. The van der Waals surface area contributed by atoms with Crippen LogP contribution in [0, 0.1) is 16.7 Å². The molecule has 3 heteroatoms. The van der Waals surface area contributed by atoms with Gasteiger partial charge >= 0.3 is 0 Å². The van der Waals surface area contributed by atoms with E-state index in [1.165, 1.54) is 12.8 Å². The van der Waals surface area contributed by atoms with Crippen LogP contribution in [0.4, 0.5) is 0 Å². The smallest absolute Gasteiger partial charge is 0.175 e. The first-order valence-electron chi connectivity index (χ1n) is 6.33. The van der Waals surface area contributed by atoms with E-state index in [0.29, 0.717) is 17.9 Å². The fourth-order valence-corrected chi connectivity index (χ4v) is 4.37. The fraction of sp³-hybridized carbons (Fsp3) is 1.00. The highest BCUT2D eigenvalue weighted by Gasteiger charge is 2.72. The number of halogens is 1. The minimum absolute atomic E-state index is 0.0913. The largest absolute Gasteiger partial charge is 0.347 e. The molecule has 3 aliphatic rings. The summed E-state index contributed by atoms with van der Waals surface area (Å²) in [5.41, 5.74) is 0.486. The monoisotopic (exact) mass is 244 g/mol. The first kappa shape index (κ1) is 11.3. The Hall–Kier alpha value is 0.210. The van der Waals surface area contributed by atoms with Crippen molar-refractivity contribution in [2.24, 2.45) is 16.7 Å². The van der Waals surface area contributed by atoms with Gasteiger partial charge in [-0.3, -0.25) is 0 Å². The molecule has 1 saturated heterocycles. The molecular formula is C13H21ClO2. The van der Waals surface area contributed by atoms with Gasteiger partial charge in [-0.1, -0.05) is 20.8 Å².